The smallest absolute Gasteiger partial charge is 0.139 e. The fourth-order valence-corrected chi connectivity index (χ4v) is 4.84. The minimum Gasteiger partial charge on any atom is -0.299 e. The predicted octanol–water partition coefficient (Wildman–Crippen LogP) is 5.49. The number of piperidine rings is 2. The van der Waals surface area contributed by atoms with Crippen molar-refractivity contribution in [2.75, 3.05) is 0 Å². The average molecular weight is 360 g/mol. The summed E-state index contributed by atoms with van der Waals surface area (Å²) in [4.78, 5) is 15.5. The Hall–Kier alpha value is -2.19. The van der Waals surface area contributed by atoms with Gasteiger partial charge in [0.2, 0.25) is 0 Å². The van der Waals surface area contributed by atoms with Crippen molar-refractivity contribution in [2.24, 2.45) is 5.92 Å². The predicted molar refractivity (Wildman–Crippen MR) is 111 cm³/mol. The molecule has 140 valence electrons. The van der Waals surface area contributed by atoms with Gasteiger partial charge in [0, 0.05) is 31.0 Å². The normalized spacial score (nSPS) is 25.6. The first-order valence-electron chi connectivity index (χ1n) is 10.3. The van der Waals surface area contributed by atoms with E-state index in [9.17, 15) is 4.79 Å². The highest BCUT2D eigenvalue weighted by Gasteiger charge is 2.39. The Morgan fingerprint density at radius 1 is 0.926 bits per heavy atom. The Morgan fingerprint density at radius 2 is 1.56 bits per heavy atom. The molecule has 2 aromatic rings. The van der Waals surface area contributed by atoms with Crippen LogP contribution in [0, 0.1) is 5.92 Å². The Bertz CT molecular complexity index is 753. The summed E-state index contributed by atoms with van der Waals surface area (Å²) in [5.74, 6) is 0.672. The summed E-state index contributed by atoms with van der Waals surface area (Å²) in [5, 5.41) is 0. The molecular formula is C25H29NO. The zero-order valence-electron chi connectivity index (χ0n) is 16.0. The van der Waals surface area contributed by atoms with Crippen LogP contribution < -0.4 is 0 Å². The van der Waals surface area contributed by atoms with Crippen LogP contribution in [-0.2, 0) is 11.3 Å². The summed E-state index contributed by atoms with van der Waals surface area (Å²) in [7, 11) is 0. The molecule has 2 bridgehead atoms. The van der Waals surface area contributed by atoms with Gasteiger partial charge in [0.25, 0.3) is 0 Å². The van der Waals surface area contributed by atoms with Gasteiger partial charge in [-0.3, -0.25) is 9.69 Å². The van der Waals surface area contributed by atoms with E-state index in [2.05, 4.69) is 53.4 Å². The first kappa shape index (κ1) is 18.2. The number of hydrogen-bond donors (Lipinski definition) is 0. The quantitative estimate of drug-likeness (QED) is 0.679. The van der Waals surface area contributed by atoms with Crippen molar-refractivity contribution in [3.63, 3.8) is 0 Å². The van der Waals surface area contributed by atoms with Gasteiger partial charge >= 0.3 is 0 Å². The number of ketones is 1. The van der Waals surface area contributed by atoms with Crippen LogP contribution in [0.15, 0.2) is 66.7 Å². The lowest BCUT2D eigenvalue weighted by Crippen LogP contribution is -2.52. The van der Waals surface area contributed by atoms with E-state index in [-0.39, 0.29) is 5.92 Å². The number of fused-ring (bicyclic) bond motifs is 2. The van der Waals surface area contributed by atoms with Crippen molar-refractivity contribution in [3.8, 4) is 0 Å². The lowest BCUT2D eigenvalue weighted by molar-refractivity contribution is -0.126. The molecule has 2 saturated heterocycles. The second-order valence-electron chi connectivity index (χ2n) is 8.05. The fraction of sp³-hybridized carbons (Fsp3) is 0.400. The van der Waals surface area contributed by atoms with Gasteiger partial charge < -0.3 is 0 Å². The molecule has 4 rings (SSSR count). The van der Waals surface area contributed by atoms with Crippen LogP contribution in [0.1, 0.15) is 49.7 Å². The van der Waals surface area contributed by atoms with Crippen molar-refractivity contribution in [1.29, 1.82) is 0 Å². The third-order valence-electron chi connectivity index (χ3n) is 6.22. The molecule has 0 radical (unpaired) electrons. The Labute approximate surface area is 162 Å². The van der Waals surface area contributed by atoms with Crippen LogP contribution in [-0.4, -0.2) is 22.8 Å². The highest BCUT2D eigenvalue weighted by atomic mass is 16.1. The van der Waals surface area contributed by atoms with E-state index in [0.717, 1.165) is 19.4 Å². The van der Waals surface area contributed by atoms with Gasteiger partial charge in [0.15, 0.2) is 0 Å². The lowest BCUT2D eigenvalue weighted by atomic mass is 9.76. The third-order valence-corrected chi connectivity index (χ3v) is 6.22. The Morgan fingerprint density at radius 3 is 2.22 bits per heavy atom. The van der Waals surface area contributed by atoms with Crippen molar-refractivity contribution in [2.45, 2.75) is 57.2 Å². The van der Waals surface area contributed by atoms with Crippen molar-refractivity contribution in [3.05, 3.63) is 77.9 Å². The fourth-order valence-electron chi connectivity index (χ4n) is 4.84. The van der Waals surface area contributed by atoms with Crippen LogP contribution in [0.3, 0.4) is 0 Å². The molecule has 2 fully saturated rings. The van der Waals surface area contributed by atoms with Crippen molar-refractivity contribution >= 4 is 11.9 Å². The van der Waals surface area contributed by atoms with Gasteiger partial charge in [-0.1, -0.05) is 79.2 Å². The molecule has 2 heteroatoms. The summed E-state index contributed by atoms with van der Waals surface area (Å²) in [5.41, 5.74) is 2.56. The van der Waals surface area contributed by atoms with Gasteiger partial charge in [-0.2, -0.15) is 0 Å². The Balaban J connectivity index is 1.36. The molecule has 0 aromatic heterocycles. The van der Waals surface area contributed by atoms with Gasteiger partial charge in [-0.25, -0.2) is 0 Å². The number of benzene rings is 2. The molecule has 2 nitrogen and oxygen atoms in total. The maximum Gasteiger partial charge on any atom is 0.139 e. The molecule has 0 N–H and O–H groups in total. The van der Waals surface area contributed by atoms with Crippen LogP contribution in [0.25, 0.3) is 6.08 Å². The molecule has 2 atom stereocenters. The maximum absolute atomic E-state index is 12.8. The summed E-state index contributed by atoms with van der Waals surface area (Å²) in [6.07, 6.45) is 10.6. The van der Waals surface area contributed by atoms with Crippen LogP contribution in [0.5, 0.6) is 0 Å². The number of Topliss-reactive ketones (excluding diaryl/α,β-unsaturated/α-hetero) is 1. The zero-order valence-corrected chi connectivity index (χ0v) is 16.0. The van der Waals surface area contributed by atoms with E-state index in [4.69, 9.17) is 0 Å². The van der Waals surface area contributed by atoms with Gasteiger partial charge in [-0.15, -0.1) is 0 Å². The summed E-state index contributed by atoms with van der Waals surface area (Å²) >= 11 is 0. The maximum atomic E-state index is 12.8. The van der Waals surface area contributed by atoms with Gasteiger partial charge in [0.1, 0.15) is 5.78 Å². The molecule has 2 aromatic carbocycles. The first-order valence-corrected chi connectivity index (χ1v) is 10.3. The summed E-state index contributed by atoms with van der Waals surface area (Å²) in [6.45, 7) is 1.03. The van der Waals surface area contributed by atoms with E-state index >= 15 is 0 Å². The van der Waals surface area contributed by atoms with E-state index in [1.165, 1.54) is 30.4 Å². The molecular weight excluding hydrogens is 330 g/mol. The topological polar surface area (TPSA) is 20.3 Å². The molecule has 2 heterocycles. The highest BCUT2D eigenvalue weighted by Crippen LogP contribution is 2.38. The highest BCUT2D eigenvalue weighted by molar-refractivity contribution is 5.83. The van der Waals surface area contributed by atoms with Gasteiger partial charge in [-0.05, 0) is 36.8 Å². The number of nitrogens with zero attached hydrogens (tertiary/aromatic N) is 1. The van der Waals surface area contributed by atoms with Crippen LogP contribution in [0.4, 0.5) is 0 Å². The number of carbonyl (C=O) groups excluding carboxylic acids is 1. The molecule has 0 amide bonds. The molecule has 0 spiro atoms. The zero-order chi connectivity index (χ0) is 18.5. The van der Waals surface area contributed by atoms with Crippen LogP contribution >= 0.6 is 0 Å². The average Bonchev–Trinajstić information content (AvgIpc) is 2.69. The number of carbonyl (C=O) groups is 1. The monoisotopic (exact) mass is 359 g/mol. The van der Waals surface area contributed by atoms with E-state index in [1.807, 2.05) is 24.3 Å². The molecule has 2 unspecified atom stereocenters. The third kappa shape index (κ3) is 4.56. The van der Waals surface area contributed by atoms with Crippen LogP contribution in [0.2, 0.25) is 0 Å². The number of allylic oxidation sites excluding steroid dienone is 1. The second-order valence-corrected chi connectivity index (χ2v) is 8.05. The molecule has 2 aliphatic heterocycles. The van der Waals surface area contributed by atoms with Crippen molar-refractivity contribution in [1.82, 2.24) is 4.90 Å². The standard InChI is InChI=1S/C25H29NO/c27-25(16-7-13-20-9-3-1-4-10-20)22-17-23-14-8-15-24(18-22)26(23)19-21-11-5-2-6-12-21/h1-7,9-13,22-24H,8,14-19H2/b13-7+. The van der Waals surface area contributed by atoms with E-state index < -0.39 is 0 Å². The summed E-state index contributed by atoms with van der Waals surface area (Å²) in [6, 6.07) is 22.2. The number of rotatable bonds is 6. The molecule has 27 heavy (non-hydrogen) atoms. The largest absolute Gasteiger partial charge is 0.299 e. The minimum atomic E-state index is 0.243. The second kappa shape index (κ2) is 8.67. The number of hydrogen-bond acceptors (Lipinski definition) is 2. The van der Waals surface area contributed by atoms with Crippen molar-refractivity contribution < 1.29 is 4.79 Å². The lowest BCUT2D eigenvalue weighted by Gasteiger charge is -2.48. The first-order chi connectivity index (χ1) is 13.3. The molecule has 0 saturated carbocycles. The minimum absolute atomic E-state index is 0.243. The Kier molecular flexibility index (Phi) is 5.84. The van der Waals surface area contributed by atoms with E-state index in [0.29, 0.717) is 24.3 Å². The SMILES string of the molecule is O=C(C/C=C/c1ccccc1)C1CC2CCCC(C1)N2Cc1ccccc1. The van der Waals surface area contributed by atoms with Gasteiger partial charge in [0.05, 0.1) is 0 Å². The molecule has 2 aliphatic rings. The summed E-state index contributed by atoms with van der Waals surface area (Å²) < 4.78 is 0. The molecule has 0 aliphatic carbocycles. The van der Waals surface area contributed by atoms with E-state index in [1.54, 1.807) is 0 Å².